The molecule has 0 unspecified atom stereocenters. The Morgan fingerprint density at radius 3 is 3.15 bits per heavy atom. The summed E-state index contributed by atoms with van der Waals surface area (Å²) in [4.78, 5) is 16.1. The summed E-state index contributed by atoms with van der Waals surface area (Å²) < 4.78 is 7.13. The molecule has 0 aliphatic carbocycles. The van der Waals surface area contributed by atoms with Gasteiger partial charge in [0.2, 0.25) is 5.91 Å². The maximum Gasteiger partial charge on any atom is 0.245 e. The van der Waals surface area contributed by atoms with E-state index in [2.05, 4.69) is 15.4 Å². The lowest BCUT2D eigenvalue weighted by Crippen LogP contribution is -2.36. The Morgan fingerprint density at radius 2 is 2.35 bits per heavy atom. The zero-order valence-electron chi connectivity index (χ0n) is 11.2. The first kappa shape index (κ1) is 12.7. The first-order valence-corrected chi connectivity index (χ1v) is 6.62. The van der Waals surface area contributed by atoms with Gasteiger partial charge in [0.25, 0.3) is 0 Å². The van der Waals surface area contributed by atoms with Crippen LogP contribution >= 0.6 is 0 Å². The smallest absolute Gasteiger partial charge is 0.245 e. The van der Waals surface area contributed by atoms with E-state index in [-0.39, 0.29) is 18.0 Å². The highest BCUT2D eigenvalue weighted by Gasteiger charge is 2.25. The standard InChI is InChI=1S/C14H16N4O2/c1-10(18-9-15-8-16-18)14(19)17-12-6-7-20-13-5-3-2-4-11(12)13/h2-5,8-10,12H,6-7H2,1H3,(H,17,19)/t10-,12-/m0/s1. The number of para-hydroxylation sites is 1. The number of hydrogen-bond acceptors (Lipinski definition) is 4. The molecule has 1 aliphatic rings. The van der Waals surface area contributed by atoms with Gasteiger partial charge in [0.1, 0.15) is 24.4 Å². The summed E-state index contributed by atoms with van der Waals surface area (Å²) in [5.41, 5.74) is 1.03. The van der Waals surface area contributed by atoms with Gasteiger partial charge in [-0.25, -0.2) is 9.67 Å². The van der Waals surface area contributed by atoms with E-state index in [1.165, 1.54) is 6.33 Å². The lowest BCUT2D eigenvalue weighted by Gasteiger charge is -2.27. The maximum absolute atomic E-state index is 12.3. The van der Waals surface area contributed by atoms with E-state index in [9.17, 15) is 4.79 Å². The van der Waals surface area contributed by atoms with Gasteiger partial charge in [0.05, 0.1) is 12.6 Å². The van der Waals surface area contributed by atoms with Crippen LogP contribution in [0.25, 0.3) is 0 Å². The van der Waals surface area contributed by atoms with Gasteiger partial charge in [0.15, 0.2) is 0 Å². The Hall–Kier alpha value is -2.37. The molecule has 20 heavy (non-hydrogen) atoms. The number of aromatic nitrogens is 3. The zero-order chi connectivity index (χ0) is 13.9. The minimum absolute atomic E-state index is 0.0154. The minimum atomic E-state index is -0.382. The molecule has 2 atom stereocenters. The summed E-state index contributed by atoms with van der Waals surface area (Å²) >= 11 is 0. The number of carbonyl (C=O) groups excluding carboxylic acids is 1. The molecule has 2 heterocycles. The number of carbonyl (C=O) groups is 1. The first-order valence-electron chi connectivity index (χ1n) is 6.62. The van der Waals surface area contributed by atoms with Crippen LogP contribution in [0.2, 0.25) is 0 Å². The van der Waals surface area contributed by atoms with Crippen molar-refractivity contribution in [1.29, 1.82) is 0 Å². The van der Waals surface area contributed by atoms with Crippen LogP contribution in [0.1, 0.15) is 31.0 Å². The summed E-state index contributed by atoms with van der Waals surface area (Å²) in [6, 6.07) is 7.40. The number of benzene rings is 1. The van der Waals surface area contributed by atoms with Crippen molar-refractivity contribution in [2.45, 2.75) is 25.4 Å². The van der Waals surface area contributed by atoms with Gasteiger partial charge in [-0.2, -0.15) is 5.10 Å². The third kappa shape index (κ3) is 2.36. The number of rotatable bonds is 3. The maximum atomic E-state index is 12.3. The summed E-state index contributed by atoms with van der Waals surface area (Å²) in [5.74, 6) is 0.773. The normalized spacial score (nSPS) is 18.8. The molecule has 2 aromatic rings. The fourth-order valence-electron chi connectivity index (χ4n) is 2.32. The van der Waals surface area contributed by atoms with Gasteiger partial charge < -0.3 is 10.1 Å². The third-order valence-corrected chi connectivity index (χ3v) is 3.49. The minimum Gasteiger partial charge on any atom is -0.493 e. The van der Waals surface area contributed by atoms with Crippen LogP contribution in [0, 0.1) is 0 Å². The van der Waals surface area contributed by atoms with Gasteiger partial charge in [-0.05, 0) is 13.0 Å². The average molecular weight is 272 g/mol. The van der Waals surface area contributed by atoms with E-state index in [0.29, 0.717) is 6.61 Å². The summed E-state index contributed by atoms with van der Waals surface area (Å²) in [7, 11) is 0. The van der Waals surface area contributed by atoms with Crippen molar-refractivity contribution >= 4 is 5.91 Å². The molecule has 0 fully saturated rings. The molecule has 1 aliphatic heterocycles. The lowest BCUT2D eigenvalue weighted by atomic mass is 10.0. The molecule has 1 N–H and O–H groups in total. The second-order valence-electron chi connectivity index (χ2n) is 4.79. The molecule has 0 bridgehead atoms. The van der Waals surface area contributed by atoms with Crippen LogP contribution in [0.3, 0.4) is 0 Å². The molecule has 1 amide bonds. The van der Waals surface area contributed by atoms with Crippen molar-refractivity contribution in [2.24, 2.45) is 0 Å². The summed E-state index contributed by atoms with van der Waals surface area (Å²) in [5, 5.41) is 7.05. The average Bonchev–Trinajstić information content (AvgIpc) is 3.01. The van der Waals surface area contributed by atoms with Crippen LogP contribution in [0.4, 0.5) is 0 Å². The summed E-state index contributed by atoms with van der Waals surface area (Å²) in [6.07, 6.45) is 3.74. The monoisotopic (exact) mass is 272 g/mol. The molecule has 1 aromatic carbocycles. The predicted octanol–water partition coefficient (Wildman–Crippen LogP) is 1.48. The molecule has 6 heteroatoms. The quantitative estimate of drug-likeness (QED) is 0.919. The second kappa shape index (κ2) is 5.32. The Morgan fingerprint density at radius 1 is 1.50 bits per heavy atom. The van der Waals surface area contributed by atoms with Crippen molar-refractivity contribution in [2.75, 3.05) is 6.61 Å². The third-order valence-electron chi connectivity index (χ3n) is 3.49. The van der Waals surface area contributed by atoms with Crippen LogP contribution in [0.15, 0.2) is 36.9 Å². The topological polar surface area (TPSA) is 69.0 Å². The van der Waals surface area contributed by atoms with Crippen molar-refractivity contribution in [3.05, 3.63) is 42.5 Å². The highest BCUT2D eigenvalue weighted by molar-refractivity contribution is 5.80. The van der Waals surface area contributed by atoms with E-state index >= 15 is 0 Å². The molecule has 104 valence electrons. The van der Waals surface area contributed by atoms with E-state index < -0.39 is 0 Å². The van der Waals surface area contributed by atoms with E-state index in [0.717, 1.165) is 17.7 Å². The fraction of sp³-hybridized carbons (Fsp3) is 0.357. The Labute approximate surface area is 116 Å². The molecular weight excluding hydrogens is 256 g/mol. The number of amides is 1. The van der Waals surface area contributed by atoms with Gasteiger partial charge >= 0.3 is 0 Å². The van der Waals surface area contributed by atoms with Crippen molar-refractivity contribution < 1.29 is 9.53 Å². The number of hydrogen-bond donors (Lipinski definition) is 1. The summed E-state index contributed by atoms with van der Waals surface area (Å²) in [6.45, 7) is 2.41. The highest BCUT2D eigenvalue weighted by atomic mass is 16.5. The van der Waals surface area contributed by atoms with Gasteiger partial charge in [-0.1, -0.05) is 18.2 Å². The SMILES string of the molecule is C[C@@H](C(=O)N[C@H]1CCOc2ccccc21)n1cncn1. The van der Waals surface area contributed by atoms with Gasteiger partial charge in [0, 0.05) is 12.0 Å². The Kier molecular flexibility index (Phi) is 3.37. The lowest BCUT2D eigenvalue weighted by molar-refractivity contribution is -0.125. The van der Waals surface area contributed by atoms with Gasteiger partial charge in [-0.15, -0.1) is 0 Å². The number of ether oxygens (including phenoxy) is 1. The molecule has 0 radical (unpaired) electrons. The molecule has 3 rings (SSSR count). The molecule has 0 saturated carbocycles. The van der Waals surface area contributed by atoms with Crippen molar-refractivity contribution in [3.63, 3.8) is 0 Å². The van der Waals surface area contributed by atoms with Crippen molar-refractivity contribution in [3.8, 4) is 5.75 Å². The molecule has 1 aromatic heterocycles. The second-order valence-corrected chi connectivity index (χ2v) is 4.79. The number of nitrogens with one attached hydrogen (secondary N) is 1. The molecular formula is C14H16N4O2. The predicted molar refractivity (Wildman–Crippen MR) is 72.2 cm³/mol. The van der Waals surface area contributed by atoms with E-state index in [4.69, 9.17) is 4.74 Å². The van der Waals surface area contributed by atoms with E-state index in [1.807, 2.05) is 24.3 Å². The Bertz CT molecular complexity index is 597. The number of fused-ring (bicyclic) bond motifs is 1. The molecule has 6 nitrogen and oxygen atoms in total. The fourth-order valence-corrected chi connectivity index (χ4v) is 2.32. The molecule has 0 saturated heterocycles. The first-order chi connectivity index (χ1) is 9.75. The highest BCUT2D eigenvalue weighted by Crippen LogP contribution is 2.31. The van der Waals surface area contributed by atoms with Crippen LogP contribution in [-0.4, -0.2) is 27.3 Å². The molecule has 0 spiro atoms. The largest absolute Gasteiger partial charge is 0.493 e. The van der Waals surface area contributed by atoms with E-state index in [1.54, 1.807) is 17.9 Å². The Balaban J connectivity index is 1.74. The number of nitrogens with zero attached hydrogens (tertiary/aromatic N) is 3. The zero-order valence-corrected chi connectivity index (χ0v) is 11.2. The van der Waals surface area contributed by atoms with Crippen LogP contribution in [0.5, 0.6) is 5.75 Å². The van der Waals surface area contributed by atoms with Crippen molar-refractivity contribution in [1.82, 2.24) is 20.1 Å². The van der Waals surface area contributed by atoms with Crippen LogP contribution < -0.4 is 10.1 Å². The van der Waals surface area contributed by atoms with Gasteiger partial charge in [-0.3, -0.25) is 4.79 Å². The van der Waals surface area contributed by atoms with Crippen LogP contribution in [-0.2, 0) is 4.79 Å².